The van der Waals surface area contributed by atoms with Gasteiger partial charge in [0, 0.05) is 13.1 Å². The number of fused-ring (bicyclic) bond motifs is 1. The van der Waals surface area contributed by atoms with Gasteiger partial charge < -0.3 is 10.6 Å². The summed E-state index contributed by atoms with van der Waals surface area (Å²) in [7, 11) is 0. The molecule has 0 amide bonds. The van der Waals surface area contributed by atoms with Crippen LogP contribution in [0.25, 0.3) is 10.2 Å². The lowest BCUT2D eigenvalue weighted by molar-refractivity contribution is 0.631. The number of thioether (sulfide) groups is 1. The van der Waals surface area contributed by atoms with Gasteiger partial charge in [-0.3, -0.25) is 0 Å². The molecule has 102 valence electrons. The van der Waals surface area contributed by atoms with Crippen LogP contribution in [0.15, 0.2) is 11.4 Å². The van der Waals surface area contributed by atoms with Crippen LogP contribution in [-0.4, -0.2) is 34.6 Å². The highest BCUT2D eigenvalue weighted by Gasteiger charge is 2.16. The van der Waals surface area contributed by atoms with E-state index in [0.29, 0.717) is 0 Å². The fourth-order valence-electron chi connectivity index (χ4n) is 2.21. The van der Waals surface area contributed by atoms with Gasteiger partial charge in [0.25, 0.3) is 0 Å². The Balaban J connectivity index is 1.80. The molecule has 6 heteroatoms. The summed E-state index contributed by atoms with van der Waals surface area (Å²) in [5.74, 6) is 5.04. The van der Waals surface area contributed by atoms with E-state index in [1.54, 1.807) is 11.3 Å². The fraction of sp³-hybridized carbons (Fsp3) is 0.538. The third kappa shape index (κ3) is 2.95. The number of anilines is 2. The lowest BCUT2D eigenvalue weighted by Gasteiger charge is -2.12. The molecular weight excluding hydrogens is 276 g/mol. The van der Waals surface area contributed by atoms with E-state index in [0.717, 1.165) is 41.0 Å². The second kappa shape index (κ2) is 5.96. The number of nitrogens with zero attached hydrogens (tertiary/aromatic N) is 2. The Kier molecular flexibility index (Phi) is 4.08. The zero-order chi connectivity index (χ0) is 13.1. The SMILES string of the molecule is CCNc1nc(NCC2CCSC2)c2ccsc2n1. The summed E-state index contributed by atoms with van der Waals surface area (Å²) in [6.07, 6.45) is 1.32. The third-order valence-electron chi connectivity index (χ3n) is 3.24. The van der Waals surface area contributed by atoms with Crippen LogP contribution in [0, 0.1) is 5.92 Å². The van der Waals surface area contributed by atoms with E-state index in [1.165, 1.54) is 17.9 Å². The van der Waals surface area contributed by atoms with Gasteiger partial charge >= 0.3 is 0 Å². The topological polar surface area (TPSA) is 49.8 Å². The van der Waals surface area contributed by atoms with E-state index < -0.39 is 0 Å². The molecule has 1 aliphatic heterocycles. The van der Waals surface area contributed by atoms with Crippen LogP contribution in [-0.2, 0) is 0 Å². The van der Waals surface area contributed by atoms with Gasteiger partial charge in [0.1, 0.15) is 10.6 Å². The highest BCUT2D eigenvalue weighted by atomic mass is 32.2. The number of nitrogens with one attached hydrogen (secondary N) is 2. The number of hydrogen-bond acceptors (Lipinski definition) is 6. The second-order valence-electron chi connectivity index (χ2n) is 4.68. The maximum absolute atomic E-state index is 4.59. The molecule has 0 aliphatic carbocycles. The lowest BCUT2D eigenvalue weighted by atomic mass is 10.1. The summed E-state index contributed by atoms with van der Waals surface area (Å²) in [4.78, 5) is 10.2. The normalized spacial score (nSPS) is 18.9. The first-order chi connectivity index (χ1) is 9.36. The van der Waals surface area contributed by atoms with Crippen molar-refractivity contribution >= 4 is 45.1 Å². The van der Waals surface area contributed by atoms with E-state index in [1.807, 2.05) is 0 Å². The number of aromatic nitrogens is 2. The highest BCUT2D eigenvalue weighted by Crippen LogP contribution is 2.28. The first-order valence-electron chi connectivity index (χ1n) is 6.67. The first kappa shape index (κ1) is 13.0. The maximum Gasteiger partial charge on any atom is 0.226 e. The molecule has 2 aromatic heterocycles. The average Bonchev–Trinajstić information content (AvgIpc) is 3.07. The molecule has 1 unspecified atom stereocenters. The van der Waals surface area contributed by atoms with E-state index >= 15 is 0 Å². The summed E-state index contributed by atoms with van der Waals surface area (Å²) in [5.41, 5.74) is 0. The van der Waals surface area contributed by atoms with Gasteiger partial charge in [-0.15, -0.1) is 11.3 Å². The Morgan fingerprint density at radius 1 is 1.37 bits per heavy atom. The molecule has 0 radical (unpaired) electrons. The molecule has 1 aliphatic rings. The minimum absolute atomic E-state index is 0.723. The molecule has 3 heterocycles. The molecule has 19 heavy (non-hydrogen) atoms. The van der Waals surface area contributed by atoms with Crippen molar-refractivity contribution in [2.75, 3.05) is 35.2 Å². The van der Waals surface area contributed by atoms with Crippen molar-refractivity contribution in [1.29, 1.82) is 0 Å². The highest BCUT2D eigenvalue weighted by molar-refractivity contribution is 7.99. The minimum Gasteiger partial charge on any atom is -0.369 e. The molecular formula is C13H18N4S2. The summed E-state index contributed by atoms with van der Waals surface area (Å²) >= 11 is 3.72. The Morgan fingerprint density at radius 2 is 2.32 bits per heavy atom. The van der Waals surface area contributed by atoms with Gasteiger partial charge in [-0.25, -0.2) is 4.98 Å². The standard InChI is InChI=1S/C13H18N4S2/c1-2-14-13-16-11(10-4-6-19-12(10)17-13)15-7-9-3-5-18-8-9/h4,6,9H,2-3,5,7-8H2,1H3,(H2,14,15,16,17). The predicted molar refractivity (Wildman–Crippen MR) is 85.5 cm³/mol. The second-order valence-corrected chi connectivity index (χ2v) is 6.72. The van der Waals surface area contributed by atoms with Crippen LogP contribution >= 0.6 is 23.1 Å². The summed E-state index contributed by atoms with van der Waals surface area (Å²) < 4.78 is 0. The minimum atomic E-state index is 0.723. The molecule has 1 saturated heterocycles. The van der Waals surface area contributed by atoms with Gasteiger partial charge in [0.05, 0.1) is 5.39 Å². The van der Waals surface area contributed by atoms with Crippen molar-refractivity contribution in [1.82, 2.24) is 9.97 Å². The lowest BCUT2D eigenvalue weighted by Crippen LogP contribution is -2.15. The Labute approximate surface area is 121 Å². The summed E-state index contributed by atoms with van der Waals surface area (Å²) in [6.45, 7) is 3.92. The van der Waals surface area contributed by atoms with Crippen molar-refractivity contribution in [3.63, 3.8) is 0 Å². The Hall–Kier alpha value is -1.01. The van der Waals surface area contributed by atoms with E-state index in [9.17, 15) is 0 Å². The molecule has 0 spiro atoms. The molecule has 1 fully saturated rings. The fourth-order valence-corrected chi connectivity index (χ4v) is 4.26. The maximum atomic E-state index is 4.59. The van der Waals surface area contributed by atoms with Crippen molar-refractivity contribution in [3.8, 4) is 0 Å². The van der Waals surface area contributed by atoms with Gasteiger partial charge in [-0.1, -0.05) is 0 Å². The Morgan fingerprint density at radius 3 is 3.11 bits per heavy atom. The number of thiophene rings is 1. The predicted octanol–water partition coefficient (Wildman–Crippen LogP) is 3.29. The van der Waals surface area contributed by atoms with Gasteiger partial charge in [-0.2, -0.15) is 16.7 Å². The summed E-state index contributed by atoms with van der Waals surface area (Å²) in [5, 5.41) is 9.93. The van der Waals surface area contributed by atoms with Crippen LogP contribution in [0.5, 0.6) is 0 Å². The first-order valence-corrected chi connectivity index (χ1v) is 8.71. The molecule has 0 saturated carbocycles. The van der Waals surface area contributed by atoms with E-state index in [4.69, 9.17) is 0 Å². The molecule has 3 rings (SSSR count). The van der Waals surface area contributed by atoms with Crippen LogP contribution in [0.4, 0.5) is 11.8 Å². The van der Waals surface area contributed by atoms with Crippen molar-refractivity contribution in [2.24, 2.45) is 5.92 Å². The molecule has 0 aromatic carbocycles. The van der Waals surface area contributed by atoms with Crippen LogP contribution in [0.3, 0.4) is 0 Å². The van der Waals surface area contributed by atoms with Crippen molar-refractivity contribution in [2.45, 2.75) is 13.3 Å². The number of hydrogen-bond donors (Lipinski definition) is 2. The van der Waals surface area contributed by atoms with Gasteiger partial charge in [-0.05, 0) is 42.2 Å². The monoisotopic (exact) mass is 294 g/mol. The average molecular weight is 294 g/mol. The van der Waals surface area contributed by atoms with E-state index in [2.05, 4.69) is 50.7 Å². The molecule has 2 N–H and O–H groups in total. The van der Waals surface area contributed by atoms with Crippen LogP contribution in [0.2, 0.25) is 0 Å². The molecule has 2 aromatic rings. The third-order valence-corrected chi connectivity index (χ3v) is 5.28. The van der Waals surface area contributed by atoms with Crippen molar-refractivity contribution in [3.05, 3.63) is 11.4 Å². The molecule has 1 atom stereocenters. The zero-order valence-electron chi connectivity index (χ0n) is 11.0. The molecule has 4 nitrogen and oxygen atoms in total. The summed E-state index contributed by atoms with van der Waals surface area (Å²) in [6, 6.07) is 2.10. The Bertz CT molecular complexity index is 549. The quantitative estimate of drug-likeness (QED) is 0.886. The smallest absolute Gasteiger partial charge is 0.226 e. The zero-order valence-corrected chi connectivity index (χ0v) is 12.6. The van der Waals surface area contributed by atoms with Crippen molar-refractivity contribution < 1.29 is 0 Å². The largest absolute Gasteiger partial charge is 0.369 e. The number of rotatable bonds is 5. The van der Waals surface area contributed by atoms with Gasteiger partial charge in [0.15, 0.2) is 0 Å². The molecule has 0 bridgehead atoms. The van der Waals surface area contributed by atoms with Gasteiger partial charge in [0.2, 0.25) is 5.95 Å². The van der Waals surface area contributed by atoms with Crippen LogP contribution in [0.1, 0.15) is 13.3 Å². The van der Waals surface area contributed by atoms with E-state index in [-0.39, 0.29) is 0 Å². The van der Waals surface area contributed by atoms with Crippen LogP contribution < -0.4 is 10.6 Å².